The van der Waals surface area contributed by atoms with Crippen LogP contribution in [-0.4, -0.2) is 21.9 Å². The van der Waals surface area contributed by atoms with Gasteiger partial charge >= 0.3 is 0 Å². The van der Waals surface area contributed by atoms with Gasteiger partial charge in [-0.3, -0.25) is 4.79 Å². The summed E-state index contributed by atoms with van der Waals surface area (Å²) in [4.78, 5) is 20.9. The molecule has 1 aromatic heterocycles. The van der Waals surface area contributed by atoms with E-state index in [9.17, 15) is 4.79 Å². The Morgan fingerprint density at radius 2 is 1.74 bits per heavy atom. The largest absolute Gasteiger partial charge is 0.457 e. The average molecular weight is 362 g/mol. The monoisotopic (exact) mass is 362 g/mol. The molecule has 0 radical (unpaired) electrons. The number of para-hydroxylation sites is 1. The van der Waals surface area contributed by atoms with Gasteiger partial charge in [-0.25, -0.2) is 9.97 Å². The van der Waals surface area contributed by atoms with Crippen molar-refractivity contribution < 1.29 is 9.53 Å². The third-order valence-corrected chi connectivity index (χ3v) is 3.97. The minimum absolute atomic E-state index is 0.237. The standard InChI is InChI=1S/C21H22N4O2/c1-3-15(2)23-21-22-14-13-19(25-21)20(26)24-16-9-11-18(12-10-16)27-17-7-5-4-6-8-17/h4-15H,3H2,1-2H3,(H,24,26)(H,22,23,25). The van der Waals surface area contributed by atoms with E-state index >= 15 is 0 Å². The highest BCUT2D eigenvalue weighted by molar-refractivity contribution is 6.02. The molecule has 3 aromatic rings. The van der Waals surface area contributed by atoms with Crippen molar-refractivity contribution in [1.82, 2.24) is 9.97 Å². The Kier molecular flexibility index (Phi) is 5.99. The van der Waals surface area contributed by atoms with Crippen LogP contribution in [0.25, 0.3) is 0 Å². The third kappa shape index (κ3) is 5.28. The van der Waals surface area contributed by atoms with Gasteiger partial charge in [0.05, 0.1) is 0 Å². The number of nitrogens with one attached hydrogen (secondary N) is 2. The van der Waals surface area contributed by atoms with Crippen LogP contribution in [0.5, 0.6) is 11.5 Å². The Balaban J connectivity index is 1.63. The van der Waals surface area contributed by atoms with E-state index in [1.807, 2.05) is 37.3 Å². The number of carbonyl (C=O) groups excluding carboxylic acids is 1. The molecule has 6 nitrogen and oxygen atoms in total. The molecular weight excluding hydrogens is 340 g/mol. The molecule has 6 heteroatoms. The quantitative estimate of drug-likeness (QED) is 0.635. The molecule has 1 unspecified atom stereocenters. The molecule has 1 atom stereocenters. The molecule has 2 aromatic carbocycles. The lowest BCUT2D eigenvalue weighted by Gasteiger charge is -2.12. The number of amides is 1. The Hall–Kier alpha value is -3.41. The number of ether oxygens (including phenoxy) is 1. The van der Waals surface area contributed by atoms with Crippen LogP contribution in [-0.2, 0) is 0 Å². The lowest BCUT2D eigenvalue weighted by Crippen LogP contribution is -2.18. The SMILES string of the molecule is CCC(C)Nc1nccc(C(=O)Nc2ccc(Oc3ccccc3)cc2)n1. The van der Waals surface area contributed by atoms with Crippen LogP contribution < -0.4 is 15.4 Å². The molecular formula is C21H22N4O2. The van der Waals surface area contributed by atoms with Crippen molar-refractivity contribution in [3.05, 3.63) is 72.6 Å². The van der Waals surface area contributed by atoms with E-state index in [0.29, 0.717) is 23.1 Å². The number of rotatable bonds is 7. The summed E-state index contributed by atoms with van der Waals surface area (Å²) in [6, 6.07) is 18.5. The fourth-order valence-electron chi connectivity index (χ4n) is 2.30. The fraction of sp³-hybridized carbons (Fsp3) is 0.190. The van der Waals surface area contributed by atoms with Crippen molar-refractivity contribution in [1.29, 1.82) is 0 Å². The van der Waals surface area contributed by atoms with Gasteiger partial charge in [0.1, 0.15) is 17.2 Å². The molecule has 0 aliphatic heterocycles. The summed E-state index contributed by atoms with van der Waals surface area (Å²) in [7, 11) is 0. The van der Waals surface area contributed by atoms with E-state index in [-0.39, 0.29) is 11.9 Å². The van der Waals surface area contributed by atoms with Crippen molar-refractivity contribution in [2.24, 2.45) is 0 Å². The van der Waals surface area contributed by atoms with Crippen LogP contribution in [0.2, 0.25) is 0 Å². The predicted molar refractivity (Wildman–Crippen MR) is 106 cm³/mol. The first-order valence-corrected chi connectivity index (χ1v) is 8.88. The number of hydrogen-bond acceptors (Lipinski definition) is 5. The maximum Gasteiger partial charge on any atom is 0.274 e. The minimum atomic E-state index is -0.290. The van der Waals surface area contributed by atoms with E-state index in [2.05, 4.69) is 27.5 Å². The topological polar surface area (TPSA) is 76.1 Å². The molecule has 1 amide bonds. The summed E-state index contributed by atoms with van der Waals surface area (Å²) in [5.74, 6) is 1.61. The fourth-order valence-corrected chi connectivity index (χ4v) is 2.30. The Bertz CT molecular complexity index is 882. The maximum absolute atomic E-state index is 12.4. The molecule has 2 N–H and O–H groups in total. The normalized spacial score (nSPS) is 11.5. The van der Waals surface area contributed by atoms with Crippen LogP contribution in [0.1, 0.15) is 30.8 Å². The summed E-state index contributed by atoms with van der Waals surface area (Å²) < 4.78 is 5.74. The summed E-state index contributed by atoms with van der Waals surface area (Å²) >= 11 is 0. The van der Waals surface area contributed by atoms with Gasteiger partial charge in [0.2, 0.25) is 5.95 Å². The number of aromatic nitrogens is 2. The lowest BCUT2D eigenvalue weighted by molar-refractivity contribution is 0.102. The average Bonchev–Trinajstić information content (AvgIpc) is 2.70. The van der Waals surface area contributed by atoms with Crippen LogP contribution in [0.3, 0.4) is 0 Å². The second kappa shape index (κ2) is 8.80. The van der Waals surface area contributed by atoms with Crippen molar-refractivity contribution in [3.63, 3.8) is 0 Å². The number of nitrogens with zero attached hydrogens (tertiary/aromatic N) is 2. The third-order valence-electron chi connectivity index (χ3n) is 3.97. The highest BCUT2D eigenvalue weighted by Gasteiger charge is 2.10. The lowest BCUT2D eigenvalue weighted by atomic mass is 10.2. The zero-order valence-electron chi connectivity index (χ0n) is 15.3. The van der Waals surface area contributed by atoms with Gasteiger partial charge in [-0.05, 0) is 55.8 Å². The number of hydrogen-bond donors (Lipinski definition) is 2. The highest BCUT2D eigenvalue weighted by atomic mass is 16.5. The van der Waals surface area contributed by atoms with Crippen LogP contribution >= 0.6 is 0 Å². The molecule has 0 aliphatic carbocycles. The van der Waals surface area contributed by atoms with Crippen LogP contribution in [0.4, 0.5) is 11.6 Å². The summed E-state index contributed by atoms with van der Waals surface area (Å²) in [6.07, 6.45) is 2.51. The summed E-state index contributed by atoms with van der Waals surface area (Å²) in [5, 5.41) is 5.99. The highest BCUT2D eigenvalue weighted by Crippen LogP contribution is 2.22. The second-order valence-corrected chi connectivity index (χ2v) is 6.11. The van der Waals surface area contributed by atoms with E-state index in [0.717, 1.165) is 12.2 Å². The molecule has 0 spiro atoms. The van der Waals surface area contributed by atoms with Gasteiger partial charge in [-0.15, -0.1) is 0 Å². The Morgan fingerprint density at radius 3 is 2.44 bits per heavy atom. The van der Waals surface area contributed by atoms with E-state index in [4.69, 9.17) is 4.74 Å². The second-order valence-electron chi connectivity index (χ2n) is 6.11. The number of carbonyl (C=O) groups is 1. The molecule has 3 rings (SSSR count). The molecule has 138 valence electrons. The van der Waals surface area contributed by atoms with E-state index < -0.39 is 0 Å². The Morgan fingerprint density at radius 1 is 1.04 bits per heavy atom. The summed E-state index contributed by atoms with van der Waals surface area (Å²) in [6.45, 7) is 4.11. The molecule has 0 saturated heterocycles. The van der Waals surface area contributed by atoms with Gasteiger partial charge in [0.15, 0.2) is 0 Å². The van der Waals surface area contributed by atoms with Crippen LogP contribution in [0, 0.1) is 0 Å². The van der Waals surface area contributed by atoms with Gasteiger partial charge in [0.25, 0.3) is 5.91 Å². The molecule has 0 aliphatic rings. The van der Waals surface area contributed by atoms with E-state index in [1.165, 1.54) is 0 Å². The summed E-state index contributed by atoms with van der Waals surface area (Å²) in [5.41, 5.74) is 0.968. The van der Waals surface area contributed by atoms with Gasteiger partial charge in [0, 0.05) is 17.9 Å². The first-order chi connectivity index (χ1) is 13.1. The molecule has 0 fully saturated rings. The predicted octanol–water partition coefficient (Wildman–Crippen LogP) is 4.73. The van der Waals surface area contributed by atoms with Crippen molar-refractivity contribution in [2.75, 3.05) is 10.6 Å². The van der Waals surface area contributed by atoms with Crippen LogP contribution in [0.15, 0.2) is 66.9 Å². The number of benzene rings is 2. The first-order valence-electron chi connectivity index (χ1n) is 8.88. The number of anilines is 2. The van der Waals surface area contributed by atoms with Crippen molar-refractivity contribution >= 4 is 17.5 Å². The van der Waals surface area contributed by atoms with Gasteiger partial charge in [-0.1, -0.05) is 25.1 Å². The zero-order valence-corrected chi connectivity index (χ0v) is 15.3. The maximum atomic E-state index is 12.4. The van der Waals surface area contributed by atoms with E-state index in [1.54, 1.807) is 36.5 Å². The minimum Gasteiger partial charge on any atom is -0.457 e. The molecule has 27 heavy (non-hydrogen) atoms. The Labute approximate surface area is 158 Å². The molecule has 1 heterocycles. The van der Waals surface area contributed by atoms with Gasteiger partial charge < -0.3 is 15.4 Å². The van der Waals surface area contributed by atoms with Crippen molar-refractivity contribution in [2.45, 2.75) is 26.3 Å². The zero-order chi connectivity index (χ0) is 19.1. The first kappa shape index (κ1) is 18.4. The smallest absolute Gasteiger partial charge is 0.274 e. The van der Waals surface area contributed by atoms with Crippen molar-refractivity contribution in [3.8, 4) is 11.5 Å². The van der Waals surface area contributed by atoms with Gasteiger partial charge in [-0.2, -0.15) is 0 Å². The molecule has 0 bridgehead atoms. The molecule has 0 saturated carbocycles.